The summed E-state index contributed by atoms with van der Waals surface area (Å²) in [6.45, 7) is 4.65. The molecule has 0 saturated carbocycles. The fraction of sp³-hybridized carbons (Fsp3) is 0.833. The molecule has 0 N–H and O–H groups in total. The second-order valence-electron chi connectivity index (χ2n) is 9.31. The molecule has 0 aromatic carbocycles. The van der Waals surface area contributed by atoms with Crippen LogP contribution in [0.5, 0.6) is 0 Å². The highest BCUT2D eigenvalue weighted by atomic mass is 16.5. The lowest BCUT2D eigenvalue weighted by atomic mass is 10.1. The molecule has 32 heavy (non-hydrogen) atoms. The molecular weight excluding hydrogens is 392 g/mol. The summed E-state index contributed by atoms with van der Waals surface area (Å²) in [7, 11) is 0. The van der Waals surface area contributed by atoms with E-state index in [4.69, 9.17) is 4.74 Å². The van der Waals surface area contributed by atoms with E-state index in [0.29, 0.717) is 13.0 Å². The van der Waals surface area contributed by atoms with Gasteiger partial charge in [0, 0.05) is 6.42 Å². The highest BCUT2D eigenvalue weighted by Crippen LogP contribution is 2.12. The van der Waals surface area contributed by atoms with E-state index in [2.05, 4.69) is 31.2 Å². The summed E-state index contributed by atoms with van der Waals surface area (Å²) in [5.41, 5.74) is 0. The van der Waals surface area contributed by atoms with Gasteiger partial charge in [-0.2, -0.15) is 0 Å². The Morgan fingerprint density at radius 2 is 0.844 bits per heavy atom. The first-order chi connectivity index (χ1) is 15.8. The van der Waals surface area contributed by atoms with E-state index in [1.807, 2.05) is 6.92 Å². The van der Waals surface area contributed by atoms with Crippen molar-refractivity contribution in [2.75, 3.05) is 6.61 Å². The molecule has 0 atom stereocenters. The average Bonchev–Trinajstić information content (AvgIpc) is 2.79. The Morgan fingerprint density at radius 1 is 0.500 bits per heavy atom. The monoisotopic (exact) mass is 448 g/mol. The maximum Gasteiger partial charge on any atom is 0.305 e. The Bertz CT molecular complexity index is 425. The number of ether oxygens (including phenoxy) is 1. The fourth-order valence-electron chi connectivity index (χ4n) is 4.04. The molecule has 0 bridgehead atoms. The van der Waals surface area contributed by atoms with Crippen LogP contribution in [0.4, 0.5) is 0 Å². The molecule has 0 fully saturated rings. The summed E-state index contributed by atoms with van der Waals surface area (Å²) in [4.78, 5) is 11.2. The second kappa shape index (κ2) is 28.0. The van der Waals surface area contributed by atoms with Crippen LogP contribution in [0.25, 0.3) is 0 Å². The number of hydrogen-bond donors (Lipinski definition) is 0. The molecule has 0 rings (SSSR count). The number of carbonyl (C=O) groups excluding carboxylic acids is 1. The van der Waals surface area contributed by atoms with Crippen molar-refractivity contribution < 1.29 is 9.53 Å². The van der Waals surface area contributed by atoms with Crippen LogP contribution in [-0.2, 0) is 9.53 Å². The summed E-state index contributed by atoms with van der Waals surface area (Å²) in [5, 5.41) is 0. The van der Waals surface area contributed by atoms with Gasteiger partial charge in [-0.1, -0.05) is 108 Å². The van der Waals surface area contributed by atoms with Crippen molar-refractivity contribution in [1.29, 1.82) is 0 Å². The van der Waals surface area contributed by atoms with Gasteiger partial charge in [0.05, 0.1) is 6.61 Å². The van der Waals surface area contributed by atoms with E-state index in [1.165, 1.54) is 122 Å². The third-order valence-corrected chi connectivity index (χ3v) is 6.11. The first-order valence-corrected chi connectivity index (χ1v) is 14.3. The zero-order valence-electron chi connectivity index (χ0n) is 21.9. The Kier molecular flexibility index (Phi) is 27.1. The van der Waals surface area contributed by atoms with Crippen LogP contribution in [0, 0.1) is 0 Å². The Morgan fingerprint density at radius 3 is 1.22 bits per heavy atom. The van der Waals surface area contributed by atoms with Gasteiger partial charge in [0.15, 0.2) is 0 Å². The van der Waals surface area contributed by atoms with Crippen LogP contribution in [0.2, 0.25) is 0 Å². The standard InChI is InChI=1S/C30H56O2/c1-3-5-6-7-8-9-10-11-12-13-14-15-16-17-18-19-20-21-22-23-24-25-26-27-28-29-30(31)32-4-2/h11-12,20-21H,3-10,13-19,22-29H2,1-2H3/b12-11+,21-20+. The average molecular weight is 449 g/mol. The molecule has 188 valence electrons. The number of hydrogen-bond acceptors (Lipinski definition) is 2. The Balaban J connectivity index is 3.17. The van der Waals surface area contributed by atoms with E-state index in [1.54, 1.807) is 0 Å². The number of carbonyl (C=O) groups is 1. The maximum atomic E-state index is 11.2. The van der Waals surface area contributed by atoms with Crippen LogP contribution >= 0.6 is 0 Å². The minimum absolute atomic E-state index is 0.0381. The van der Waals surface area contributed by atoms with Crippen molar-refractivity contribution in [2.45, 2.75) is 155 Å². The van der Waals surface area contributed by atoms with Gasteiger partial charge in [-0.05, 0) is 64.7 Å². The molecular formula is C30H56O2. The minimum atomic E-state index is -0.0381. The molecule has 0 aliphatic carbocycles. The lowest BCUT2D eigenvalue weighted by Crippen LogP contribution is -2.03. The van der Waals surface area contributed by atoms with Crippen LogP contribution in [-0.4, -0.2) is 12.6 Å². The zero-order valence-corrected chi connectivity index (χ0v) is 21.9. The number of allylic oxidation sites excluding steroid dienone is 4. The summed E-state index contributed by atoms with van der Waals surface area (Å²) < 4.78 is 4.95. The highest BCUT2D eigenvalue weighted by molar-refractivity contribution is 5.69. The molecule has 0 aromatic rings. The minimum Gasteiger partial charge on any atom is -0.466 e. The van der Waals surface area contributed by atoms with E-state index < -0.39 is 0 Å². The van der Waals surface area contributed by atoms with Gasteiger partial charge in [0.25, 0.3) is 0 Å². The Labute approximate surface area is 201 Å². The predicted octanol–water partition coefficient (Wildman–Crippen LogP) is 10.3. The topological polar surface area (TPSA) is 26.3 Å². The first-order valence-electron chi connectivity index (χ1n) is 14.3. The molecule has 0 unspecified atom stereocenters. The van der Waals surface area contributed by atoms with Gasteiger partial charge >= 0.3 is 5.97 Å². The van der Waals surface area contributed by atoms with Gasteiger partial charge < -0.3 is 4.74 Å². The highest BCUT2D eigenvalue weighted by Gasteiger charge is 2.00. The molecule has 0 aliphatic rings. The van der Waals surface area contributed by atoms with E-state index in [9.17, 15) is 4.79 Å². The van der Waals surface area contributed by atoms with Crippen molar-refractivity contribution >= 4 is 5.97 Å². The van der Waals surface area contributed by atoms with Gasteiger partial charge in [-0.25, -0.2) is 0 Å². The van der Waals surface area contributed by atoms with E-state index >= 15 is 0 Å². The molecule has 0 radical (unpaired) electrons. The molecule has 0 saturated heterocycles. The maximum absolute atomic E-state index is 11.2. The quantitative estimate of drug-likeness (QED) is 0.0788. The van der Waals surface area contributed by atoms with Gasteiger partial charge in [-0.3, -0.25) is 4.79 Å². The molecule has 0 amide bonds. The van der Waals surface area contributed by atoms with Gasteiger partial charge in [-0.15, -0.1) is 0 Å². The van der Waals surface area contributed by atoms with Crippen molar-refractivity contribution in [3.8, 4) is 0 Å². The Hall–Kier alpha value is -1.05. The fourth-order valence-corrected chi connectivity index (χ4v) is 4.04. The zero-order chi connectivity index (χ0) is 23.4. The summed E-state index contributed by atoms with van der Waals surface area (Å²) in [5.74, 6) is -0.0381. The van der Waals surface area contributed by atoms with Crippen molar-refractivity contribution in [1.82, 2.24) is 0 Å². The van der Waals surface area contributed by atoms with Crippen LogP contribution in [0.1, 0.15) is 155 Å². The van der Waals surface area contributed by atoms with Gasteiger partial charge in [0.1, 0.15) is 0 Å². The predicted molar refractivity (Wildman–Crippen MR) is 142 cm³/mol. The third kappa shape index (κ3) is 27.0. The summed E-state index contributed by atoms with van der Waals surface area (Å²) in [6.07, 6.45) is 37.9. The third-order valence-electron chi connectivity index (χ3n) is 6.11. The number of unbranched alkanes of at least 4 members (excludes halogenated alkanes) is 18. The SMILES string of the molecule is CCCCCCCC/C=C/CCCCCCC/C=C/CCCCCCCCC(=O)OCC. The van der Waals surface area contributed by atoms with E-state index in [0.717, 1.165) is 12.8 Å². The largest absolute Gasteiger partial charge is 0.466 e. The summed E-state index contributed by atoms with van der Waals surface area (Å²) in [6, 6.07) is 0. The smallest absolute Gasteiger partial charge is 0.305 e. The lowest BCUT2D eigenvalue weighted by Gasteiger charge is -2.02. The van der Waals surface area contributed by atoms with Crippen molar-refractivity contribution in [3.05, 3.63) is 24.3 Å². The van der Waals surface area contributed by atoms with E-state index in [-0.39, 0.29) is 5.97 Å². The molecule has 0 aromatic heterocycles. The van der Waals surface area contributed by atoms with Crippen LogP contribution < -0.4 is 0 Å². The van der Waals surface area contributed by atoms with Crippen molar-refractivity contribution in [2.24, 2.45) is 0 Å². The van der Waals surface area contributed by atoms with Crippen molar-refractivity contribution in [3.63, 3.8) is 0 Å². The summed E-state index contributed by atoms with van der Waals surface area (Å²) >= 11 is 0. The van der Waals surface area contributed by atoms with Crippen LogP contribution in [0.3, 0.4) is 0 Å². The normalized spacial score (nSPS) is 11.7. The lowest BCUT2D eigenvalue weighted by molar-refractivity contribution is -0.143. The molecule has 0 heterocycles. The second-order valence-corrected chi connectivity index (χ2v) is 9.31. The molecule has 0 aliphatic heterocycles. The molecule has 2 heteroatoms. The first kappa shape index (κ1) is 30.9. The number of rotatable bonds is 25. The van der Waals surface area contributed by atoms with Crippen LogP contribution in [0.15, 0.2) is 24.3 Å². The molecule has 0 spiro atoms. The molecule has 2 nitrogen and oxygen atoms in total. The van der Waals surface area contributed by atoms with Gasteiger partial charge in [0.2, 0.25) is 0 Å². The number of esters is 1.